The van der Waals surface area contributed by atoms with E-state index in [0.717, 1.165) is 31.2 Å². The van der Waals surface area contributed by atoms with Gasteiger partial charge in [-0.3, -0.25) is 0 Å². The van der Waals surface area contributed by atoms with Crippen LogP contribution in [0.4, 0.5) is 0 Å². The molecule has 2 aromatic carbocycles. The first-order valence-electron chi connectivity index (χ1n) is 9.18. The van der Waals surface area contributed by atoms with Crippen molar-refractivity contribution in [1.29, 1.82) is 0 Å². The van der Waals surface area contributed by atoms with Crippen LogP contribution in [0.15, 0.2) is 48.5 Å². The summed E-state index contributed by atoms with van der Waals surface area (Å²) in [5.41, 5.74) is 3.09. The van der Waals surface area contributed by atoms with E-state index in [2.05, 4.69) is 35.6 Å². The number of hydrogen-bond donors (Lipinski definition) is 0. The molecule has 27 heavy (non-hydrogen) atoms. The molecule has 0 N–H and O–H groups in total. The topological polar surface area (TPSA) is 43.4 Å². The monoisotopic (exact) mass is 411 g/mol. The molecule has 0 bridgehead atoms. The van der Waals surface area contributed by atoms with Gasteiger partial charge in [0.2, 0.25) is 0 Å². The Morgan fingerprint density at radius 2 is 1.52 bits per heavy atom. The van der Waals surface area contributed by atoms with Crippen LogP contribution in [0.3, 0.4) is 0 Å². The number of rotatable bonds is 3. The number of benzene rings is 2. The molecule has 1 fully saturated rings. The van der Waals surface area contributed by atoms with Gasteiger partial charge in [0.05, 0.1) is 12.2 Å². The summed E-state index contributed by atoms with van der Waals surface area (Å²) in [6.07, 6.45) is 4.59. The van der Waals surface area contributed by atoms with Crippen LogP contribution >= 0.6 is 0 Å². The number of ether oxygens (including phenoxy) is 1. The van der Waals surface area contributed by atoms with Crippen molar-refractivity contribution < 1.29 is 29.1 Å². The normalized spacial score (nSPS) is 18.2. The quantitative estimate of drug-likeness (QED) is 0.497. The number of aryl methyl sites for hydroxylation is 2. The van der Waals surface area contributed by atoms with Crippen molar-refractivity contribution in [2.75, 3.05) is 6.61 Å². The molecule has 0 atom stereocenters. The second-order valence-electron chi connectivity index (χ2n) is 6.93. The predicted molar refractivity (Wildman–Crippen MR) is 103 cm³/mol. The molecule has 4 heteroatoms. The summed E-state index contributed by atoms with van der Waals surface area (Å²) in [5.74, 6) is 0.915. The molecule has 1 aliphatic carbocycles. The molecule has 0 unspecified atom stereocenters. The van der Waals surface area contributed by atoms with Crippen molar-refractivity contribution >= 4 is 5.97 Å². The SMILES string of the molecule is Cc1cc[c-]cc1.[CH2-]C1CCC(COC(=O)c2ccc(C)cc2)CC1.[O]=[Co]. The Balaban J connectivity index is 0.000000338. The second-order valence-corrected chi connectivity index (χ2v) is 6.93. The molecular weight excluding hydrogens is 383 g/mol. The van der Waals surface area contributed by atoms with Crippen LogP contribution < -0.4 is 0 Å². The van der Waals surface area contributed by atoms with Gasteiger partial charge in [0.15, 0.2) is 0 Å². The fourth-order valence-electron chi connectivity index (χ4n) is 2.83. The molecule has 3 nitrogen and oxygen atoms in total. The molecule has 0 amide bonds. The van der Waals surface area contributed by atoms with E-state index in [9.17, 15) is 4.79 Å². The minimum absolute atomic E-state index is 0.202. The third-order valence-corrected chi connectivity index (χ3v) is 4.59. The van der Waals surface area contributed by atoms with Gasteiger partial charge in [-0.15, -0.1) is 0 Å². The van der Waals surface area contributed by atoms with E-state index in [4.69, 9.17) is 8.60 Å². The van der Waals surface area contributed by atoms with E-state index in [-0.39, 0.29) is 5.97 Å². The summed E-state index contributed by atoms with van der Waals surface area (Å²) in [4.78, 5) is 11.8. The molecule has 0 heterocycles. The number of carbonyl (C=O) groups is 1. The zero-order valence-electron chi connectivity index (χ0n) is 16.1. The molecule has 2 aromatic rings. The van der Waals surface area contributed by atoms with Crippen molar-refractivity contribution in [1.82, 2.24) is 0 Å². The molecule has 0 saturated heterocycles. The summed E-state index contributed by atoms with van der Waals surface area (Å²) in [5, 5.41) is 0. The fraction of sp³-hybridized carbons (Fsp3) is 0.391. The van der Waals surface area contributed by atoms with E-state index in [1.807, 2.05) is 55.5 Å². The van der Waals surface area contributed by atoms with E-state index in [1.54, 1.807) is 0 Å². The van der Waals surface area contributed by atoms with E-state index in [0.29, 0.717) is 24.0 Å². The van der Waals surface area contributed by atoms with Crippen molar-refractivity contribution in [3.8, 4) is 0 Å². The van der Waals surface area contributed by atoms with Gasteiger partial charge >= 0.3 is 25.5 Å². The third-order valence-electron chi connectivity index (χ3n) is 4.59. The molecule has 0 spiro atoms. The summed E-state index contributed by atoms with van der Waals surface area (Å²) in [6, 6.07) is 18.3. The number of esters is 1. The van der Waals surface area contributed by atoms with Crippen LogP contribution in [-0.2, 0) is 24.3 Å². The van der Waals surface area contributed by atoms with Gasteiger partial charge in [0.1, 0.15) is 0 Å². The number of carbonyl (C=O) groups excluding carboxylic acids is 1. The van der Waals surface area contributed by atoms with Crippen LogP contribution in [0.2, 0.25) is 0 Å². The van der Waals surface area contributed by atoms with Crippen LogP contribution in [-0.4, -0.2) is 12.6 Å². The molecule has 149 valence electrons. The summed E-state index contributed by atoms with van der Waals surface area (Å²) in [6.45, 7) is 8.70. The summed E-state index contributed by atoms with van der Waals surface area (Å²) in [7, 11) is 0. The zero-order valence-corrected chi connectivity index (χ0v) is 17.1. The molecule has 3 rings (SSSR count). The van der Waals surface area contributed by atoms with E-state index < -0.39 is 0 Å². The van der Waals surface area contributed by atoms with Gasteiger partial charge in [-0.2, -0.15) is 41.8 Å². The first-order chi connectivity index (χ1) is 13.0. The van der Waals surface area contributed by atoms with E-state index >= 15 is 0 Å². The van der Waals surface area contributed by atoms with Crippen molar-refractivity contribution in [2.45, 2.75) is 39.5 Å². The molecule has 0 radical (unpaired) electrons. The standard InChI is InChI=1S/C16H21O2.C7H7.Co.O/c1-12-3-7-14(8-4-12)11-18-16(17)15-9-5-13(2)6-10-15;1-7-5-3-2-4-6-7;;/h5-6,9-10,12,14H,1,3-4,7-8,11H2,2H3;3-6H,1H3;;/q2*-1;;. The Labute approximate surface area is 171 Å². The average molecular weight is 411 g/mol. The Morgan fingerprint density at radius 1 is 1.00 bits per heavy atom. The molecule has 0 aliphatic heterocycles. The van der Waals surface area contributed by atoms with Gasteiger partial charge < -0.3 is 11.7 Å². The Morgan fingerprint density at radius 3 is 2.00 bits per heavy atom. The first kappa shape index (κ1) is 23.3. The van der Waals surface area contributed by atoms with Crippen molar-refractivity contribution in [3.05, 3.63) is 78.2 Å². The van der Waals surface area contributed by atoms with Gasteiger partial charge in [-0.1, -0.05) is 37.5 Å². The van der Waals surface area contributed by atoms with Crippen molar-refractivity contribution in [3.63, 3.8) is 0 Å². The first-order valence-corrected chi connectivity index (χ1v) is 9.60. The molecule has 0 aromatic heterocycles. The predicted octanol–water partition coefficient (Wildman–Crippen LogP) is 5.47. The maximum atomic E-state index is 11.8. The third kappa shape index (κ3) is 9.64. The van der Waals surface area contributed by atoms with Crippen LogP contribution in [0.1, 0.15) is 47.2 Å². The summed E-state index contributed by atoms with van der Waals surface area (Å²) >= 11 is 2.31. The molecule has 1 saturated carbocycles. The van der Waals surface area contributed by atoms with Crippen molar-refractivity contribution in [2.24, 2.45) is 11.8 Å². The van der Waals surface area contributed by atoms with Gasteiger partial charge in [0.25, 0.3) is 0 Å². The maximum absolute atomic E-state index is 11.8. The minimum atomic E-state index is -0.202. The summed E-state index contributed by atoms with van der Waals surface area (Å²) < 4.78 is 13.3. The van der Waals surface area contributed by atoms with Crippen LogP contribution in [0.5, 0.6) is 0 Å². The van der Waals surface area contributed by atoms with E-state index in [1.165, 1.54) is 5.56 Å². The molecule has 1 aliphatic rings. The Hall–Kier alpha value is -1.78. The fourth-order valence-corrected chi connectivity index (χ4v) is 2.83. The molecular formula is C23H28CoO3-2. The zero-order chi connectivity index (χ0) is 20.1. The Kier molecular flexibility index (Phi) is 11.5. The number of hydrogen-bond acceptors (Lipinski definition) is 3. The van der Waals surface area contributed by atoms with Gasteiger partial charge in [-0.05, 0) is 37.8 Å². The van der Waals surface area contributed by atoms with Gasteiger partial charge in [0, 0.05) is 0 Å². The van der Waals surface area contributed by atoms with Crippen LogP contribution in [0, 0.1) is 38.7 Å². The van der Waals surface area contributed by atoms with Gasteiger partial charge in [-0.25, -0.2) is 4.79 Å². The second kappa shape index (κ2) is 13.4. The Bertz CT molecular complexity index is 647. The van der Waals surface area contributed by atoms with Crippen LogP contribution in [0.25, 0.3) is 0 Å². The average Bonchev–Trinajstić information content (AvgIpc) is 2.70.